The quantitative estimate of drug-likeness (QED) is 0.696. The maximum atomic E-state index is 13.2. The maximum Gasteiger partial charge on any atom is 0.573 e. The third-order valence-corrected chi connectivity index (χ3v) is 2.48. The highest BCUT2D eigenvalue weighted by atomic mass is 19.4. The van der Waals surface area contributed by atoms with Gasteiger partial charge >= 0.3 is 6.36 Å². The van der Waals surface area contributed by atoms with E-state index in [0.29, 0.717) is 0 Å². The van der Waals surface area contributed by atoms with Crippen LogP contribution in [0, 0.1) is 5.95 Å². The molecule has 0 aliphatic rings. The minimum Gasteiger partial charge on any atom is -0.405 e. The van der Waals surface area contributed by atoms with E-state index in [1.807, 2.05) is 0 Å². The number of aliphatic hydroxyl groups excluding tert-OH is 1. The molecule has 20 heavy (non-hydrogen) atoms. The van der Waals surface area contributed by atoms with Gasteiger partial charge in [0.1, 0.15) is 5.75 Å². The van der Waals surface area contributed by atoms with Gasteiger partial charge in [-0.25, -0.2) is 4.98 Å². The molecule has 2 aromatic rings. The van der Waals surface area contributed by atoms with E-state index in [1.165, 1.54) is 24.3 Å². The Balaban J connectivity index is 2.55. The molecule has 0 amide bonds. The number of halogens is 4. The molecule has 0 unspecified atom stereocenters. The molecule has 1 heterocycles. The Kier molecular flexibility index (Phi) is 3.89. The third-order valence-electron chi connectivity index (χ3n) is 2.48. The van der Waals surface area contributed by atoms with Gasteiger partial charge in [-0.2, -0.15) is 4.39 Å². The van der Waals surface area contributed by atoms with Crippen LogP contribution in [0.15, 0.2) is 36.4 Å². The molecule has 0 saturated heterocycles. The van der Waals surface area contributed by atoms with Gasteiger partial charge in [0.25, 0.3) is 0 Å². The predicted octanol–water partition coefficient (Wildman–Crippen LogP) is 3.28. The van der Waals surface area contributed by atoms with Crippen LogP contribution in [0.5, 0.6) is 5.75 Å². The molecule has 0 saturated carbocycles. The monoisotopic (exact) mass is 287 g/mol. The lowest BCUT2D eigenvalue weighted by Crippen LogP contribution is -2.17. The smallest absolute Gasteiger partial charge is 0.405 e. The van der Waals surface area contributed by atoms with Crippen LogP contribution in [0.4, 0.5) is 17.6 Å². The van der Waals surface area contributed by atoms with Gasteiger partial charge in [0.2, 0.25) is 5.95 Å². The van der Waals surface area contributed by atoms with Crippen LogP contribution in [0.1, 0.15) is 5.56 Å². The molecule has 1 aromatic heterocycles. The largest absolute Gasteiger partial charge is 0.573 e. The Bertz CT molecular complexity index is 614. The van der Waals surface area contributed by atoms with Gasteiger partial charge in [-0.15, -0.1) is 13.2 Å². The molecule has 0 spiro atoms. The fourth-order valence-corrected chi connectivity index (χ4v) is 1.70. The Morgan fingerprint density at radius 3 is 2.45 bits per heavy atom. The van der Waals surface area contributed by atoms with E-state index in [-0.39, 0.29) is 16.8 Å². The molecular formula is C13H9F4NO2. The molecule has 0 aliphatic heterocycles. The summed E-state index contributed by atoms with van der Waals surface area (Å²) in [5.74, 6) is -1.37. The number of benzene rings is 1. The zero-order chi connectivity index (χ0) is 14.8. The van der Waals surface area contributed by atoms with Crippen molar-refractivity contribution in [2.45, 2.75) is 13.0 Å². The predicted molar refractivity (Wildman–Crippen MR) is 62.2 cm³/mol. The lowest BCUT2D eigenvalue weighted by molar-refractivity contribution is -0.274. The summed E-state index contributed by atoms with van der Waals surface area (Å²) in [6, 6.07) is 7.48. The second-order valence-corrected chi connectivity index (χ2v) is 3.84. The molecule has 7 heteroatoms. The number of hydrogen-bond donors (Lipinski definition) is 1. The first-order chi connectivity index (χ1) is 9.40. The van der Waals surface area contributed by atoms with Crippen molar-refractivity contribution in [3.63, 3.8) is 0 Å². The fraction of sp³-hybridized carbons (Fsp3) is 0.154. The van der Waals surface area contributed by atoms with Gasteiger partial charge < -0.3 is 9.84 Å². The summed E-state index contributed by atoms with van der Waals surface area (Å²) in [6.07, 6.45) is -4.87. The molecular weight excluding hydrogens is 278 g/mol. The molecule has 0 atom stereocenters. The number of hydrogen-bond acceptors (Lipinski definition) is 3. The average Bonchev–Trinajstić information content (AvgIpc) is 2.37. The number of aliphatic hydroxyl groups is 1. The number of alkyl halides is 3. The van der Waals surface area contributed by atoms with Crippen LogP contribution in [0.25, 0.3) is 11.3 Å². The number of nitrogens with zero attached hydrogens (tertiary/aromatic N) is 1. The Morgan fingerprint density at radius 2 is 1.80 bits per heavy atom. The molecule has 2 rings (SSSR count). The number of ether oxygens (including phenoxy) is 1. The second-order valence-electron chi connectivity index (χ2n) is 3.84. The first-order valence-electron chi connectivity index (χ1n) is 5.52. The van der Waals surface area contributed by atoms with Crippen molar-refractivity contribution >= 4 is 0 Å². The van der Waals surface area contributed by atoms with E-state index >= 15 is 0 Å². The zero-order valence-electron chi connectivity index (χ0n) is 9.99. The average molecular weight is 287 g/mol. The van der Waals surface area contributed by atoms with Gasteiger partial charge in [0, 0.05) is 11.1 Å². The number of aromatic nitrogens is 1. The lowest BCUT2D eigenvalue weighted by Gasteiger charge is -2.14. The third kappa shape index (κ3) is 3.24. The van der Waals surface area contributed by atoms with Crippen molar-refractivity contribution in [2.24, 2.45) is 0 Å². The summed E-state index contributed by atoms with van der Waals surface area (Å²) < 4.78 is 54.1. The zero-order valence-corrected chi connectivity index (χ0v) is 9.99. The van der Waals surface area contributed by atoms with Crippen LogP contribution in [0.2, 0.25) is 0 Å². The fourth-order valence-electron chi connectivity index (χ4n) is 1.70. The van der Waals surface area contributed by atoms with E-state index < -0.39 is 24.7 Å². The minimum absolute atomic E-state index is 0.0478. The SMILES string of the molecule is OCc1ccc(F)nc1-c1ccccc1OC(F)(F)F. The van der Waals surface area contributed by atoms with Crippen LogP contribution >= 0.6 is 0 Å². The van der Waals surface area contributed by atoms with Crippen molar-refractivity contribution in [3.05, 3.63) is 47.9 Å². The van der Waals surface area contributed by atoms with Gasteiger partial charge in [-0.3, -0.25) is 0 Å². The van der Waals surface area contributed by atoms with Crippen molar-refractivity contribution < 1.29 is 27.4 Å². The molecule has 0 bridgehead atoms. The van der Waals surface area contributed by atoms with Crippen LogP contribution in [-0.2, 0) is 6.61 Å². The highest BCUT2D eigenvalue weighted by Crippen LogP contribution is 2.34. The van der Waals surface area contributed by atoms with E-state index in [1.54, 1.807) is 0 Å². The minimum atomic E-state index is -4.87. The van der Waals surface area contributed by atoms with Crippen molar-refractivity contribution in [3.8, 4) is 17.0 Å². The Hall–Kier alpha value is -2.15. The Labute approximate surface area is 111 Å². The van der Waals surface area contributed by atoms with Crippen molar-refractivity contribution in [1.82, 2.24) is 4.98 Å². The molecule has 0 fully saturated rings. The summed E-state index contributed by atoms with van der Waals surface area (Å²) in [7, 11) is 0. The number of pyridine rings is 1. The summed E-state index contributed by atoms with van der Waals surface area (Å²) in [6.45, 7) is -0.483. The summed E-state index contributed by atoms with van der Waals surface area (Å²) in [4.78, 5) is 3.53. The highest BCUT2D eigenvalue weighted by Gasteiger charge is 2.32. The van der Waals surface area contributed by atoms with Gasteiger partial charge in [-0.05, 0) is 24.3 Å². The van der Waals surface area contributed by atoms with Crippen LogP contribution < -0.4 is 4.74 Å². The molecule has 3 nitrogen and oxygen atoms in total. The standard InChI is InChI=1S/C13H9F4NO2/c14-11-6-5-8(7-19)12(18-11)9-3-1-2-4-10(9)20-13(15,16)17/h1-6,19H,7H2. The van der Waals surface area contributed by atoms with Crippen molar-refractivity contribution in [1.29, 1.82) is 0 Å². The van der Waals surface area contributed by atoms with Gasteiger partial charge in [-0.1, -0.05) is 12.1 Å². The highest BCUT2D eigenvalue weighted by molar-refractivity contribution is 5.69. The molecule has 106 valence electrons. The molecule has 0 aliphatic carbocycles. The lowest BCUT2D eigenvalue weighted by atomic mass is 10.1. The van der Waals surface area contributed by atoms with Crippen LogP contribution in [-0.4, -0.2) is 16.5 Å². The summed E-state index contributed by atoms with van der Waals surface area (Å²) >= 11 is 0. The molecule has 1 aromatic carbocycles. The molecule has 0 radical (unpaired) electrons. The van der Waals surface area contributed by atoms with Gasteiger partial charge in [0.05, 0.1) is 12.3 Å². The van der Waals surface area contributed by atoms with Gasteiger partial charge in [0.15, 0.2) is 0 Å². The molecule has 1 N–H and O–H groups in total. The van der Waals surface area contributed by atoms with Crippen molar-refractivity contribution in [2.75, 3.05) is 0 Å². The summed E-state index contributed by atoms with van der Waals surface area (Å²) in [5, 5.41) is 9.17. The topological polar surface area (TPSA) is 42.4 Å². The van der Waals surface area contributed by atoms with E-state index in [4.69, 9.17) is 5.11 Å². The maximum absolute atomic E-state index is 13.2. The number of rotatable bonds is 3. The second kappa shape index (κ2) is 5.46. The first kappa shape index (κ1) is 14.3. The van der Waals surface area contributed by atoms with Crippen LogP contribution in [0.3, 0.4) is 0 Å². The normalized spacial score (nSPS) is 11.4. The Morgan fingerprint density at radius 1 is 1.10 bits per heavy atom. The number of para-hydroxylation sites is 1. The summed E-state index contributed by atoms with van der Waals surface area (Å²) in [5.41, 5.74) is 0.0605. The van der Waals surface area contributed by atoms with E-state index in [9.17, 15) is 17.6 Å². The van der Waals surface area contributed by atoms with E-state index in [2.05, 4.69) is 9.72 Å². The van der Waals surface area contributed by atoms with E-state index in [0.717, 1.165) is 12.1 Å². The first-order valence-corrected chi connectivity index (χ1v) is 5.52.